The molecule has 7 N–H and O–H groups in total. The number of rotatable bonds is 5. The van der Waals surface area contributed by atoms with Crippen LogP contribution in [0, 0.1) is 5.92 Å². The van der Waals surface area contributed by atoms with Crippen LogP contribution in [-0.4, -0.2) is 80.4 Å². The molecule has 4 heterocycles. The molecular formula is C27H35N9O3. The summed E-state index contributed by atoms with van der Waals surface area (Å²) in [6.45, 7) is 6.78. The molecule has 2 aromatic heterocycles. The lowest BCUT2D eigenvalue weighted by Crippen LogP contribution is -2.62. The highest BCUT2D eigenvalue weighted by Gasteiger charge is 2.34. The van der Waals surface area contributed by atoms with Crippen molar-refractivity contribution in [3.63, 3.8) is 0 Å². The fourth-order valence-electron chi connectivity index (χ4n) is 5.38. The quantitative estimate of drug-likeness (QED) is 0.324. The highest BCUT2D eigenvalue weighted by molar-refractivity contribution is 6.09. The molecule has 5 rings (SSSR count). The van der Waals surface area contributed by atoms with Crippen molar-refractivity contribution in [2.75, 3.05) is 67.2 Å². The van der Waals surface area contributed by atoms with Gasteiger partial charge in [0.15, 0.2) is 5.69 Å². The van der Waals surface area contributed by atoms with Gasteiger partial charge in [-0.3, -0.25) is 9.78 Å². The molecular weight excluding hydrogens is 498 g/mol. The predicted molar refractivity (Wildman–Crippen MR) is 152 cm³/mol. The average Bonchev–Trinajstić information content (AvgIpc) is 2.94. The second-order valence-electron chi connectivity index (χ2n) is 10.1. The summed E-state index contributed by atoms with van der Waals surface area (Å²) in [5.41, 5.74) is 16.2. The summed E-state index contributed by atoms with van der Waals surface area (Å²) in [5.74, 6) is -0.386. The standard InChI is InChI=1S/C27H35N9O3/c1-16-14-36(15-20(29)24(16)34-27(38)39-2)23-5-6-31-13-22(23)33-26(37)25-19(28)11-17-3-4-18(12-21(17)32-25)35-9-7-30-8-10-35/h3-6,11-13,16,20,24,30H,7-10,14-15,28-29H2,1-2H3,(H,33,37)(H,34,38)/t16-,20+,24-/m0/s1. The molecule has 12 nitrogen and oxygen atoms in total. The maximum Gasteiger partial charge on any atom is 0.407 e. The first-order valence-corrected chi connectivity index (χ1v) is 13.1. The number of methoxy groups -OCH3 is 1. The van der Waals surface area contributed by atoms with E-state index in [1.165, 1.54) is 7.11 Å². The third-order valence-corrected chi connectivity index (χ3v) is 7.40. The molecule has 206 valence electrons. The first-order valence-electron chi connectivity index (χ1n) is 13.1. The van der Waals surface area contributed by atoms with E-state index in [1.807, 2.05) is 25.1 Å². The lowest BCUT2D eigenvalue weighted by atomic mass is 9.90. The number of alkyl carbamates (subject to hydrolysis) is 1. The number of benzene rings is 1. The highest BCUT2D eigenvalue weighted by atomic mass is 16.5. The molecule has 0 saturated carbocycles. The third kappa shape index (κ3) is 5.66. The van der Waals surface area contributed by atoms with Crippen molar-refractivity contribution < 1.29 is 14.3 Å². The number of nitrogens with two attached hydrogens (primary N) is 2. The number of aromatic nitrogens is 2. The van der Waals surface area contributed by atoms with E-state index in [2.05, 4.69) is 41.8 Å². The third-order valence-electron chi connectivity index (χ3n) is 7.40. The minimum atomic E-state index is -0.506. The number of ether oxygens (including phenoxy) is 1. The lowest BCUT2D eigenvalue weighted by molar-refractivity contribution is 0.102. The molecule has 2 aliphatic heterocycles. The van der Waals surface area contributed by atoms with Crippen molar-refractivity contribution in [3.05, 3.63) is 48.4 Å². The number of pyridine rings is 2. The Morgan fingerprint density at radius 3 is 2.67 bits per heavy atom. The number of anilines is 4. The van der Waals surface area contributed by atoms with Gasteiger partial charge in [-0.05, 0) is 30.2 Å². The van der Waals surface area contributed by atoms with Gasteiger partial charge in [-0.25, -0.2) is 9.78 Å². The van der Waals surface area contributed by atoms with Crippen LogP contribution in [-0.2, 0) is 4.74 Å². The largest absolute Gasteiger partial charge is 0.453 e. The van der Waals surface area contributed by atoms with E-state index >= 15 is 0 Å². The van der Waals surface area contributed by atoms with E-state index in [4.69, 9.17) is 16.2 Å². The van der Waals surface area contributed by atoms with Crippen LogP contribution >= 0.6 is 0 Å². The smallest absolute Gasteiger partial charge is 0.407 e. The van der Waals surface area contributed by atoms with Gasteiger partial charge in [-0.15, -0.1) is 0 Å². The van der Waals surface area contributed by atoms with Crippen LogP contribution in [0.15, 0.2) is 42.7 Å². The number of fused-ring (bicyclic) bond motifs is 1. The summed E-state index contributed by atoms with van der Waals surface area (Å²) in [6.07, 6.45) is 2.76. The summed E-state index contributed by atoms with van der Waals surface area (Å²) in [5, 5.41) is 10.0. The number of carbonyl (C=O) groups is 2. The Balaban J connectivity index is 1.36. The van der Waals surface area contributed by atoms with E-state index in [9.17, 15) is 9.59 Å². The first kappa shape index (κ1) is 26.4. The van der Waals surface area contributed by atoms with Crippen molar-refractivity contribution in [1.29, 1.82) is 0 Å². The molecule has 0 unspecified atom stereocenters. The predicted octanol–water partition coefficient (Wildman–Crippen LogP) is 1.38. The number of hydrogen-bond acceptors (Lipinski definition) is 10. The summed E-state index contributed by atoms with van der Waals surface area (Å²) in [4.78, 5) is 38.4. The molecule has 1 aromatic carbocycles. The maximum atomic E-state index is 13.4. The molecule has 3 atom stereocenters. The van der Waals surface area contributed by atoms with Crippen LogP contribution in [0.25, 0.3) is 10.9 Å². The molecule has 0 aliphatic carbocycles. The number of amides is 2. The number of piperidine rings is 1. The Bertz CT molecular complexity index is 1350. The van der Waals surface area contributed by atoms with Crippen molar-refractivity contribution in [2.24, 2.45) is 11.7 Å². The van der Waals surface area contributed by atoms with Gasteiger partial charge in [0.25, 0.3) is 5.91 Å². The van der Waals surface area contributed by atoms with Crippen molar-refractivity contribution in [1.82, 2.24) is 20.6 Å². The van der Waals surface area contributed by atoms with E-state index in [0.29, 0.717) is 30.0 Å². The molecule has 2 amide bonds. The van der Waals surface area contributed by atoms with Crippen molar-refractivity contribution in [3.8, 4) is 0 Å². The normalized spacial score (nSPS) is 21.5. The Kier molecular flexibility index (Phi) is 7.66. The van der Waals surface area contributed by atoms with Gasteiger partial charge in [0, 0.05) is 62.6 Å². The van der Waals surface area contributed by atoms with Gasteiger partial charge < -0.3 is 42.0 Å². The molecule has 2 saturated heterocycles. The fourth-order valence-corrected chi connectivity index (χ4v) is 5.38. The Hall–Kier alpha value is -4.16. The lowest BCUT2D eigenvalue weighted by Gasteiger charge is -2.42. The Labute approximate surface area is 227 Å². The van der Waals surface area contributed by atoms with Crippen LogP contribution in [0.3, 0.4) is 0 Å². The molecule has 12 heteroatoms. The number of hydrogen-bond donors (Lipinski definition) is 5. The molecule has 0 radical (unpaired) electrons. The van der Waals surface area contributed by atoms with Crippen molar-refractivity contribution in [2.45, 2.75) is 19.0 Å². The second-order valence-corrected chi connectivity index (χ2v) is 10.1. The molecule has 0 spiro atoms. The number of nitrogens with zero attached hydrogens (tertiary/aromatic N) is 4. The van der Waals surface area contributed by atoms with Crippen LogP contribution < -0.4 is 37.2 Å². The van der Waals surface area contributed by atoms with Crippen LogP contribution in [0.1, 0.15) is 17.4 Å². The number of piperazine rings is 1. The van der Waals surface area contributed by atoms with Gasteiger partial charge >= 0.3 is 6.09 Å². The molecule has 39 heavy (non-hydrogen) atoms. The average molecular weight is 534 g/mol. The summed E-state index contributed by atoms with van der Waals surface area (Å²) in [7, 11) is 1.33. The van der Waals surface area contributed by atoms with Gasteiger partial charge in [-0.1, -0.05) is 13.0 Å². The topological polar surface area (TPSA) is 164 Å². The van der Waals surface area contributed by atoms with E-state index < -0.39 is 12.0 Å². The number of carbonyl (C=O) groups excluding carboxylic acids is 2. The van der Waals surface area contributed by atoms with Crippen LogP contribution in [0.5, 0.6) is 0 Å². The molecule has 2 fully saturated rings. The SMILES string of the molecule is COC(=O)N[C@@H]1[C@H](N)CN(c2ccncc2NC(=O)c2nc3cc(N4CCNCC4)ccc3cc2N)C[C@@H]1C. The summed E-state index contributed by atoms with van der Waals surface area (Å²) < 4.78 is 4.74. The number of nitrogens with one attached hydrogen (secondary N) is 3. The maximum absolute atomic E-state index is 13.4. The monoisotopic (exact) mass is 533 g/mol. The molecule has 0 bridgehead atoms. The van der Waals surface area contributed by atoms with Gasteiger partial charge in [0.1, 0.15) is 0 Å². The fraction of sp³-hybridized carbons (Fsp3) is 0.407. The van der Waals surface area contributed by atoms with Gasteiger partial charge in [-0.2, -0.15) is 0 Å². The van der Waals surface area contributed by atoms with E-state index in [1.54, 1.807) is 18.5 Å². The minimum Gasteiger partial charge on any atom is -0.453 e. The zero-order chi connectivity index (χ0) is 27.5. The van der Waals surface area contributed by atoms with E-state index in [-0.39, 0.29) is 23.7 Å². The Morgan fingerprint density at radius 1 is 1.13 bits per heavy atom. The molecule has 2 aliphatic rings. The summed E-state index contributed by atoms with van der Waals surface area (Å²) in [6, 6.07) is 9.09. The van der Waals surface area contributed by atoms with E-state index in [0.717, 1.165) is 42.9 Å². The first-order chi connectivity index (χ1) is 18.8. The zero-order valence-corrected chi connectivity index (χ0v) is 22.2. The highest BCUT2D eigenvalue weighted by Crippen LogP contribution is 2.30. The zero-order valence-electron chi connectivity index (χ0n) is 22.2. The van der Waals surface area contributed by atoms with Gasteiger partial charge in [0.2, 0.25) is 0 Å². The Morgan fingerprint density at radius 2 is 1.92 bits per heavy atom. The second kappa shape index (κ2) is 11.3. The van der Waals surface area contributed by atoms with Crippen LogP contribution in [0.4, 0.5) is 27.5 Å². The molecule has 3 aromatic rings. The summed E-state index contributed by atoms with van der Waals surface area (Å²) >= 11 is 0. The number of nitrogen functional groups attached to an aromatic ring is 1. The van der Waals surface area contributed by atoms with Gasteiger partial charge in [0.05, 0.1) is 41.9 Å². The minimum absolute atomic E-state index is 0.0345. The van der Waals surface area contributed by atoms with Crippen molar-refractivity contribution >= 4 is 45.7 Å². The van der Waals surface area contributed by atoms with Crippen LogP contribution in [0.2, 0.25) is 0 Å².